The van der Waals surface area contributed by atoms with Gasteiger partial charge in [0.05, 0.1) is 6.10 Å². The standard InChI is InChI=1S/C11H22N2O2/c1-2-9(5-6-12)11(14)13-8-10-4-3-7-15-10/h9-10H,2-8,12H2,1H3,(H,13,14). The highest BCUT2D eigenvalue weighted by atomic mass is 16.5. The largest absolute Gasteiger partial charge is 0.376 e. The van der Waals surface area contributed by atoms with Gasteiger partial charge in [-0.3, -0.25) is 4.79 Å². The van der Waals surface area contributed by atoms with Crippen LogP contribution >= 0.6 is 0 Å². The first-order valence-corrected chi connectivity index (χ1v) is 5.87. The fourth-order valence-electron chi connectivity index (χ4n) is 1.89. The number of carbonyl (C=O) groups excluding carboxylic acids is 1. The van der Waals surface area contributed by atoms with Crippen LogP contribution in [0.15, 0.2) is 0 Å². The maximum absolute atomic E-state index is 11.7. The van der Waals surface area contributed by atoms with Gasteiger partial charge in [0.25, 0.3) is 0 Å². The average Bonchev–Trinajstić information content (AvgIpc) is 2.75. The molecule has 0 radical (unpaired) electrons. The van der Waals surface area contributed by atoms with E-state index in [0.29, 0.717) is 13.1 Å². The minimum atomic E-state index is 0.0661. The Kier molecular flexibility index (Phi) is 5.65. The van der Waals surface area contributed by atoms with Gasteiger partial charge < -0.3 is 15.8 Å². The molecule has 2 atom stereocenters. The highest BCUT2D eigenvalue weighted by Gasteiger charge is 2.19. The summed E-state index contributed by atoms with van der Waals surface area (Å²) in [5.41, 5.74) is 5.46. The van der Waals surface area contributed by atoms with Gasteiger partial charge >= 0.3 is 0 Å². The van der Waals surface area contributed by atoms with Crippen LogP contribution in [-0.2, 0) is 9.53 Å². The molecule has 15 heavy (non-hydrogen) atoms. The fraction of sp³-hybridized carbons (Fsp3) is 0.909. The molecule has 2 unspecified atom stereocenters. The summed E-state index contributed by atoms with van der Waals surface area (Å²) in [4.78, 5) is 11.7. The molecule has 4 heteroatoms. The van der Waals surface area contributed by atoms with E-state index >= 15 is 0 Å². The van der Waals surface area contributed by atoms with E-state index in [-0.39, 0.29) is 17.9 Å². The summed E-state index contributed by atoms with van der Waals surface area (Å²) < 4.78 is 5.44. The van der Waals surface area contributed by atoms with Crippen molar-refractivity contribution in [1.29, 1.82) is 0 Å². The first-order chi connectivity index (χ1) is 7.27. The summed E-state index contributed by atoms with van der Waals surface area (Å²) in [6.07, 6.45) is 4.03. The van der Waals surface area contributed by atoms with Gasteiger partial charge in [0.1, 0.15) is 0 Å². The number of ether oxygens (including phenoxy) is 1. The van der Waals surface area contributed by atoms with Gasteiger partial charge in [-0.25, -0.2) is 0 Å². The summed E-state index contributed by atoms with van der Waals surface area (Å²) in [6.45, 7) is 4.08. The second kappa shape index (κ2) is 6.80. The summed E-state index contributed by atoms with van der Waals surface area (Å²) in [7, 11) is 0. The maximum atomic E-state index is 11.7. The molecular weight excluding hydrogens is 192 g/mol. The number of carbonyl (C=O) groups is 1. The van der Waals surface area contributed by atoms with Gasteiger partial charge in [-0.15, -0.1) is 0 Å². The van der Waals surface area contributed by atoms with Crippen LogP contribution in [0.25, 0.3) is 0 Å². The van der Waals surface area contributed by atoms with Crippen molar-refractivity contribution in [2.45, 2.75) is 38.7 Å². The van der Waals surface area contributed by atoms with Crippen molar-refractivity contribution in [3.05, 3.63) is 0 Å². The molecule has 0 saturated carbocycles. The quantitative estimate of drug-likeness (QED) is 0.682. The van der Waals surface area contributed by atoms with E-state index in [1.165, 1.54) is 0 Å². The molecule has 0 aromatic carbocycles. The molecule has 1 aliphatic rings. The molecule has 4 nitrogen and oxygen atoms in total. The second-order valence-corrected chi connectivity index (χ2v) is 4.06. The van der Waals surface area contributed by atoms with Crippen LogP contribution in [-0.4, -0.2) is 31.7 Å². The monoisotopic (exact) mass is 214 g/mol. The van der Waals surface area contributed by atoms with Crippen molar-refractivity contribution >= 4 is 5.91 Å². The topological polar surface area (TPSA) is 64.4 Å². The Morgan fingerprint density at radius 2 is 2.47 bits per heavy atom. The lowest BCUT2D eigenvalue weighted by Gasteiger charge is -2.16. The van der Waals surface area contributed by atoms with Crippen molar-refractivity contribution in [1.82, 2.24) is 5.32 Å². The lowest BCUT2D eigenvalue weighted by atomic mass is 10.0. The van der Waals surface area contributed by atoms with Crippen LogP contribution in [0, 0.1) is 5.92 Å². The number of hydrogen-bond acceptors (Lipinski definition) is 3. The number of hydrogen-bond donors (Lipinski definition) is 2. The Morgan fingerprint density at radius 3 is 3.00 bits per heavy atom. The highest BCUT2D eigenvalue weighted by molar-refractivity contribution is 5.78. The third kappa shape index (κ3) is 4.18. The van der Waals surface area contributed by atoms with E-state index in [9.17, 15) is 4.79 Å². The summed E-state index contributed by atoms with van der Waals surface area (Å²) >= 11 is 0. The molecule has 88 valence electrons. The molecule has 0 aromatic heterocycles. The molecule has 1 rings (SSSR count). The minimum absolute atomic E-state index is 0.0661. The molecule has 1 saturated heterocycles. The lowest BCUT2D eigenvalue weighted by Crippen LogP contribution is -2.36. The molecular formula is C11H22N2O2. The Morgan fingerprint density at radius 1 is 1.67 bits per heavy atom. The van der Waals surface area contributed by atoms with Crippen molar-refractivity contribution in [2.75, 3.05) is 19.7 Å². The molecule has 1 amide bonds. The van der Waals surface area contributed by atoms with Crippen LogP contribution < -0.4 is 11.1 Å². The predicted molar refractivity (Wildman–Crippen MR) is 59.4 cm³/mol. The third-order valence-corrected chi connectivity index (χ3v) is 2.91. The zero-order valence-electron chi connectivity index (χ0n) is 9.50. The van der Waals surface area contributed by atoms with Gasteiger partial charge in [0, 0.05) is 19.1 Å². The van der Waals surface area contributed by atoms with Gasteiger partial charge in [-0.2, -0.15) is 0 Å². The zero-order chi connectivity index (χ0) is 11.1. The molecule has 1 fully saturated rings. The van der Waals surface area contributed by atoms with Crippen LogP contribution in [0.1, 0.15) is 32.6 Å². The van der Waals surface area contributed by atoms with E-state index in [0.717, 1.165) is 32.3 Å². The Labute approximate surface area is 91.5 Å². The second-order valence-electron chi connectivity index (χ2n) is 4.06. The average molecular weight is 214 g/mol. The summed E-state index contributed by atoms with van der Waals surface area (Å²) in [6, 6.07) is 0. The van der Waals surface area contributed by atoms with Crippen LogP contribution in [0.2, 0.25) is 0 Å². The molecule has 0 aromatic rings. The highest BCUT2D eigenvalue weighted by Crippen LogP contribution is 2.12. The van der Waals surface area contributed by atoms with E-state index < -0.39 is 0 Å². The van der Waals surface area contributed by atoms with Crippen LogP contribution in [0.4, 0.5) is 0 Å². The van der Waals surface area contributed by atoms with Crippen molar-refractivity contribution in [3.63, 3.8) is 0 Å². The van der Waals surface area contributed by atoms with E-state index in [4.69, 9.17) is 10.5 Å². The molecule has 3 N–H and O–H groups in total. The molecule has 0 spiro atoms. The number of nitrogens with two attached hydrogens (primary N) is 1. The third-order valence-electron chi connectivity index (χ3n) is 2.91. The Hall–Kier alpha value is -0.610. The lowest BCUT2D eigenvalue weighted by molar-refractivity contribution is -0.125. The van der Waals surface area contributed by atoms with Crippen molar-refractivity contribution in [3.8, 4) is 0 Å². The summed E-state index contributed by atoms with van der Waals surface area (Å²) in [5, 5.41) is 2.94. The molecule has 0 aliphatic carbocycles. The van der Waals surface area contributed by atoms with Crippen LogP contribution in [0.5, 0.6) is 0 Å². The van der Waals surface area contributed by atoms with Gasteiger partial charge in [-0.1, -0.05) is 6.92 Å². The smallest absolute Gasteiger partial charge is 0.223 e. The number of nitrogens with one attached hydrogen (secondary N) is 1. The SMILES string of the molecule is CCC(CCN)C(=O)NCC1CCCO1. The maximum Gasteiger partial charge on any atom is 0.223 e. The van der Waals surface area contributed by atoms with Crippen molar-refractivity contribution in [2.24, 2.45) is 11.7 Å². The number of rotatable bonds is 6. The predicted octanol–water partition coefficient (Wildman–Crippen LogP) is 0.657. The first kappa shape index (κ1) is 12.5. The summed E-state index contributed by atoms with van der Waals surface area (Å²) in [5.74, 6) is 0.190. The molecule has 1 aliphatic heterocycles. The van der Waals surface area contributed by atoms with Gasteiger partial charge in [0.2, 0.25) is 5.91 Å². The molecule has 1 heterocycles. The van der Waals surface area contributed by atoms with E-state index in [1.807, 2.05) is 6.92 Å². The van der Waals surface area contributed by atoms with E-state index in [1.54, 1.807) is 0 Å². The Bertz CT molecular complexity index is 191. The van der Waals surface area contributed by atoms with E-state index in [2.05, 4.69) is 5.32 Å². The number of amides is 1. The fourth-order valence-corrected chi connectivity index (χ4v) is 1.89. The van der Waals surface area contributed by atoms with Gasteiger partial charge in [-0.05, 0) is 32.2 Å². The molecule has 0 bridgehead atoms. The zero-order valence-corrected chi connectivity index (χ0v) is 9.50. The minimum Gasteiger partial charge on any atom is -0.376 e. The van der Waals surface area contributed by atoms with Crippen molar-refractivity contribution < 1.29 is 9.53 Å². The Balaban J connectivity index is 2.20. The van der Waals surface area contributed by atoms with Crippen LogP contribution in [0.3, 0.4) is 0 Å². The van der Waals surface area contributed by atoms with Gasteiger partial charge in [0.15, 0.2) is 0 Å². The first-order valence-electron chi connectivity index (χ1n) is 5.87. The normalized spacial score (nSPS) is 22.7.